The number of hydrogen-bond donors (Lipinski definition) is 2. The van der Waals surface area contributed by atoms with Crippen LogP contribution in [0.1, 0.15) is 22.5 Å². The van der Waals surface area contributed by atoms with Gasteiger partial charge in [0.05, 0.1) is 11.5 Å². The fourth-order valence-electron chi connectivity index (χ4n) is 2.22. The monoisotopic (exact) mass is 316 g/mol. The number of amides is 1. The van der Waals surface area contributed by atoms with Crippen LogP contribution in [-0.4, -0.2) is 50.4 Å². The first-order valence-corrected chi connectivity index (χ1v) is 7.80. The maximum atomic E-state index is 12.3. The molecule has 0 bridgehead atoms. The molecule has 1 aromatic heterocycles. The summed E-state index contributed by atoms with van der Waals surface area (Å²) >= 11 is 0. The second kappa shape index (κ2) is 5.49. The first kappa shape index (κ1) is 15.5. The van der Waals surface area contributed by atoms with Crippen LogP contribution in [0.4, 0.5) is 0 Å². The van der Waals surface area contributed by atoms with Crippen molar-refractivity contribution in [3.8, 4) is 0 Å². The number of likely N-dealkylation sites (tertiary alicyclic amines) is 1. The predicted octanol–water partition coefficient (Wildman–Crippen LogP) is 0.0428. The molecule has 2 rings (SSSR count). The van der Waals surface area contributed by atoms with Crippen molar-refractivity contribution in [1.29, 1.82) is 0 Å². The van der Waals surface area contributed by atoms with Crippen molar-refractivity contribution in [2.75, 3.05) is 20.1 Å². The molecule has 2 N–H and O–H groups in total. The highest BCUT2D eigenvalue weighted by atomic mass is 32.2. The van der Waals surface area contributed by atoms with Crippen LogP contribution in [0.2, 0.25) is 0 Å². The van der Waals surface area contributed by atoms with Gasteiger partial charge in [-0.25, -0.2) is 13.1 Å². The van der Waals surface area contributed by atoms with E-state index in [0.29, 0.717) is 13.0 Å². The molecular formula is C12H16N2O6S. The molecule has 1 aliphatic rings. The Balaban J connectivity index is 2.23. The molecule has 21 heavy (non-hydrogen) atoms. The summed E-state index contributed by atoms with van der Waals surface area (Å²) in [6.45, 7) is 1.94. The molecule has 116 valence electrons. The number of sulfonamides is 1. The lowest BCUT2D eigenvalue weighted by atomic mass is 10.1. The summed E-state index contributed by atoms with van der Waals surface area (Å²) < 4.78 is 30.5. The molecule has 1 amide bonds. The Bertz CT molecular complexity index is 678. The fourth-order valence-corrected chi connectivity index (χ4v) is 2.93. The zero-order chi connectivity index (χ0) is 15.8. The first-order valence-electron chi connectivity index (χ1n) is 6.32. The van der Waals surface area contributed by atoms with Gasteiger partial charge in [0.25, 0.3) is 15.9 Å². The van der Waals surface area contributed by atoms with Crippen molar-refractivity contribution in [2.45, 2.75) is 18.4 Å². The molecule has 8 nitrogen and oxygen atoms in total. The van der Waals surface area contributed by atoms with E-state index in [1.54, 1.807) is 0 Å². The Kier molecular flexibility index (Phi) is 4.06. The number of carboxylic acids is 1. The summed E-state index contributed by atoms with van der Waals surface area (Å²) in [6, 6.07) is 1.16. The molecule has 0 aliphatic carbocycles. The predicted molar refractivity (Wildman–Crippen MR) is 71.3 cm³/mol. The normalized spacial score (nSPS) is 19.0. The molecule has 2 heterocycles. The number of nitrogens with one attached hydrogen (secondary N) is 1. The zero-order valence-corrected chi connectivity index (χ0v) is 12.4. The molecule has 0 saturated carbocycles. The third-order valence-corrected chi connectivity index (χ3v) is 4.75. The summed E-state index contributed by atoms with van der Waals surface area (Å²) in [5.74, 6) is -1.75. The minimum absolute atomic E-state index is 0.118. The number of carboxylic acid groups (broad SMARTS) is 1. The van der Waals surface area contributed by atoms with Crippen molar-refractivity contribution >= 4 is 21.9 Å². The van der Waals surface area contributed by atoms with E-state index in [1.165, 1.54) is 18.9 Å². The molecule has 1 aliphatic heterocycles. The second-order valence-corrected chi connectivity index (χ2v) is 6.64. The molecule has 0 spiro atoms. The molecule has 9 heteroatoms. The van der Waals surface area contributed by atoms with E-state index in [9.17, 15) is 18.0 Å². The number of rotatable bonds is 4. The SMILES string of the molecule is CNS(=O)(=O)c1cc(C(=O)N2CCC(C(=O)O)C2)c(C)o1. The minimum atomic E-state index is -3.76. The van der Waals surface area contributed by atoms with Gasteiger partial charge in [-0.15, -0.1) is 0 Å². The molecule has 0 aromatic carbocycles. The molecule has 1 aromatic rings. The van der Waals surface area contributed by atoms with Crippen LogP contribution in [0, 0.1) is 12.8 Å². The number of carbonyl (C=O) groups is 2. The van der Waals surface area contributed by atoms with Crippen LogP contribution in [0.15, 0.2) is 15.6 Å². The van der Waals surface area contributed by atoms with Gasteiger partial charge >= 0.3 is 5.97 Å². The van der Waals surface area contributed by atoms with Crippen LogP contribution < -0.4 is 4.72 Å². The summed E-state index contributed by atoms with van der Waals surface area (Å²) in [5.41, 5.74) is 0.134. The Hall–Kier alpha value is -1.87. The quantitative estimate of drug-likeness (QED) is 0.810. The summed E-state index contributed by atoms with van der Waals surface area (Å²) in [6.07, 6.45) is 0.389. The lowest BCUT2D eigenvalue weighted by Crippen LogP contribution is -2.30. The van der Waals surface area contributed by atoms with Gasteiger partial charge in [-0.1, -0.05) is 0 Å². The number of aliphatic carboxylic acids is 1. The molecule has 1 fully saturated rings. The summed E-state index contributed by atoms with van der Waals surface area (Å²) in [7, 11) is -2.52. The van der Waals surface area contributed by atoms with Crippen LogP contribution in [0.5, 0.6) is 0 Å². The molecule has 1 unspecified atom stereocenters. The summed E-state index contributed by atoms with van der Waals surface area (Å²) in [4.78, 5) is 24.6. The van der Waals surface area contributed by atoms with Gasteiger partial charge in [-0.05, 0) is 20.4 Å². The van der Waals surface area contributed by atoms with Crippen molar-refractivity contribution < 1.29 is 27.5 Å². The Morgan fingerprint density at radius 1 is 1.48 bits per heavy atom. The highest BCUT2D eigenvalue weighted by Gasteiger charge is 2.33. The third kappa shape index (κ3) is 2.93. The summed E-state index contributed by atoms with van der Waals surface area (Å²) in [5, 5.41) is 8.60. The standard InChI is InChI=1S/C12H16N2O6S/c1-7-9(5-10(20-7)21(18,19)13-2)11(15)14-4-3-8(6-14)12(16)17/h5,8,13H,3-4,6H2,1-2H3,(H,16,17). The fraction of sp³-hybridized carbons (Fsp3) is 0.500. The lowest BCUT2D eigenvalue weighted by Gasteiger charge is -2.14. The van der Waals surface area contributed by atoms with E-state index in [0.717, 1.165) is 6.07 Å². The highest BCUT2D eigenvalue weighted by Crippen LogP contribution is 2.24. The average molecular weight is 316 g/mol. The van der Waals surface area contributed by atoms with E-state index in [1.807, 2.05) is 0 Å². The first-order chi connectivity index (χ1) is 9.76. The molecule has 1 saturated heterocycles. The number of carbonyl (C=O) groups excluding carboxylic acids is 1. The van der Waals surface area contributed by atoms with Gasteiger partial charge in [0, 0.05) is 19.2 Å². The minimum Gasteiger partial charge on any atom is -0.481 e. The smallest absolute Gasteiger partial charge is 0.308 e. The number of nitrogens with zero attached hydrogens (tertiary/aromatic N) is 1. The number of aryl methyl sites for hydroxylation is 1. The largest absolute Gasteiger partial charge is 0.481 e. The van der Waals surface area contributed by atoms with E-state index < -0.39 is 27.8 Å². The lowest BCUT2D eigenvalue weighted by molar-refractivity contribution is -0.141. The van der Waals surface area contributed by atoms with Gasteiger partial charge < -0.3 is 14.4 Å². The maximum absolute atomic E-state index is 12.3. The van der Waals surface area contributed by atoms with E-state index in [4.69, 9.17) is 9.52 Å². The van der Waals surface area contributed by atoms with Gasteiger partial charge in [-0.2, -0.15) is 0 Å². The van der Waals surface area contributed by atoms with Gasteiger partial charge in [0.15, 0.2) is 0 Å². The molecular weight excluding hydrogens is 300 g/mol. The van der Waals surface area contributed by atoms with Crippen molar-refractivity contribution in [3.05, 3.63) is 17.4 Å². The van der Waals surface area contributed by atoms with Crippen LogP contribution in [0.3, 0.4) is 0 Å². The van der Waals surface area contributed by atoms with Gasteiger partial charge in [-0.3, -0.25) is 9.59 Å². The van der Waals surface area contributed by atoms with Crippen molar-refractivity contribution in [1.82, 2.24) is 9.62 Å². The molecule has 1 atom stereocenters. The van der Waals surface area contributed by atoms with Crippen molar-refractivity contribution in [3.63, 3.8) is 0 Å². The Labute approximate surface area is 121 Å². The highest BCUT2D eigenvalue weighted by molar-refractivity contribution is 7.89. The van der Waals surface area contributed by atoms with Crippen LogP contribution >= 0.6 is 0 Å². The maximum Gasteiger partial charge on any atom is 0.308 e. The Morgan fingerprint density at radius 3 is 2.67 bits per heavy atom. The van der Waals surface area contributed by atoms with E-state index in [2.05, 4.69) is 4.72 Å². The zero-order valence-electron chi connectivity index (χ0n) is 11.6. The number of furan rings is 1. The molecule has 0 radical (unpaired) electrons. The third-order valence-electron chi connectivity index (χ3n) is 3.48. The van der Waals surface area contributed by atoms with Crippen molar-refractivity contribution in [2.24, 2.45) is 5.92 Å². The average Bonchev–Trinajstić information content (AvgIpc) is 3.04. The Morgan fingerprint density at radius 2 is 2.14 bits per heavy atom. The van der Waals surface area contributed by atoms with E-state index in [-0.39, 0.29) is 23.0 Å². The second-order valence-electron chi connectivity index (χ2n) is 4.82. The van der Waals surface area contributed by atoms with Crippen LogP contribution in [-0.2, 0) is 14.8 Å². The van der Waals surface area contributed by atoms with Gasteiger partial charge in [0.1, 0.15) is 5.76 Å². The van der Waals surface area contributed by atoms with E-state index >= 15 is 0 Å². The van der Waals surface area contributed by atoms with Gasteiger partial charge in [0.2, 0.25) is 5.09 Å². The number of hydrogen-bond acceptors (Lipinski definition) is 5. The topological polar surface area (TPSA) is 117 Å². The van der Waals surface area contributed by atoms with Crippen LogP contribution in [0.25, 0.3) is 0 Å².